The molecule has 0 unspecified atom stereocenters. The quantitative estimate of drug-likeness (QED) is 0.421. The molecule has 3 aromatic carbocycles. The molecule has 39 heavy (non-hydrogen) atoms. The fraction of sp³-hybridized carbons (Fsp3) is 0.364. The molecule has 0 spiro atoms. The fourth-order valence-electron chi connectivity index (χ4n) is 5.77. The summed E-state index contributed by atoms with van der Waals surface area (Å²) in [5.74, 6) is 0.0592. The molecule has 0 radical (unpaired) electrons. The smallest absolute Gasteiger partial charge is 0.254 e. The summed E-state index contributed by atoms with van der Waals surface area (Å²) in [5, 5.41) is 13.4. The van der Waals surface area contributed by atoms with E-state index in [9.17, 15) is 9.90 Å². The van der Waals surface area contributed by atoms with E-state index in [0.29, 0.717) is 32.1 Å². The Morgan fingerprint density at radius 3 is 2.21 bits per heavy atom. The summed E-state index contributed by atoms with van der Waals surface area (Å²) in [6.07, 6.45) is 4.78. The molecule has 1 amide bonds. The van der Waals surface area contributed by atoms with E-state index in [4.69, 9.17) is 0 Å². The third-order valence-corrected chi connectivity index (χ3v) is 7.99. The van der Waals surface area contributed by atoms with Gasteiger partial charge in [-0.05, 0) is 74.2 Å². The minimum atomic E-state index is 0.0592. The minimum Gasteiger partial charge on any atom is -0.396 e. The molecule has 0 aliphatic carbocycles. The zero-order valence-corrected chi connectivity index (χ0v) is 23.1. The maximum atomic E-state index is 13.8. The first-order valence-electron chi connectivity index (χ1n) is 14.1. The molecule has 6 nitrogen and oxygen atoms in total. The van der Waals surface area contributed by atoms with Gasteiger partial charge in [-0.25, -0.2) is 0 Å². The third kappa shape index (κ3) is 6.28. The number of para-hydroxylation sites is 2. The number of carbonyl (C=O) groups is 1. The average molecular weight is 525 g/mol. The Hall–Kier alpha value is -3.77. The van der Waals surface area contributed by atoms with E-state index in [1.807, 2.05) is 30.0 Å². The maximum Gasteiger partial charge on any atom is 0.254 e. The summed E-state index contributed by atoms with van der Waals surface area (Å²) in [4.78, 5) is 20.4. The van der Waals surface area contributed by atoms with Gasteiger partial charge in [0.05, 0.1) is 0 Å². The van der Waals surface area contributed by atoms with Gasteiger partial charge in [0.15, 0.2) is 0 Å². The zero-order valence-electron chi connectivity index (χ0n) is 23.1. The van der Waals surface area contributed by atoms with Crippen LogP contribution in [0.3, 0.4) is 0 Å². The van der Waals surface area contributed by atoms with Crippen LogP contribution in [0.15, 0.2) is 84.6 Å². The van der Waals surface area contributed by atoms with Gasteiger partial charge in [0.1, 0.15) is 0 Å². The van der Waals surface area contributed by atoms with Crippen LogP contribution in [0.5, 0.6) is 0 Å². The van der Waals surface area contributed by atoms with Crippen molar-refractivity contribution in [3.05, 3.63) is 101 Å². The van der Waals surface area contributed by atoms with E-state index in [1.165, 1.54) is 11.3 Å². The average Bonchev–Trinajstić information content (AvgIpc) is 3.18. The number of carbonyl (C=O) groups excluding carboxylic acids is 1. The molecule has 0 aromatic heterocycles. The lowest BCUT2D eigenvalue weighted by Gasteiger charge is -2.35. The monoisotopic (exact) mass is 524 g/mol. The van der Waals surface area contributed by atoms with E-state index >= 15 is 0 Å². The number of benzene rings is 3. The second-order valence-electron chi connectivity index (χ2n) is 10.6. The molecular weight excluding hydrogens is 484 g/mol. The lowest BCUT2D eigenvalue weighted by molar-refractivity contribution is 0.0780. The van der Waals surface area contributed by atoms with Gasteiger partial charge in [0.2, 0.25) is 0 Å². The van der Waals surface area contributed by atoms with Gasteiger partial charge in [-0.2, -0.15) is 0 Å². The topological polar surface area (TPSA) is 59.1 Å². The highest BCUT2D eigenvalue weighted by atomic mass is 16.3. The molecule has 6 heteroatoms. The highest BCUT2D eigenvalue weighted by Gasteiger charge is 2.25. The van der Waals surface area contributed by atoms with Gasteiger partial charge in [0, 0.05) is 80.1 Å². The lowest BCUT2D eigenvalue weighted by atomic mass is 9.99. The van der Waals surface area contributed by atoms with E-state index in [1.54, 1.807) is 0 Å². The van der Waals surface area contributed by atoms with Crippen molar-refractivity contribution in [2.24, 2.45) is 0 Å². The molecule has 2 aliphatic rings. The van der Waals surface area contributed by atoms with Crippen molar-refractivity contribution in [2.45, 2.75) is 39.2 Å². The molecular formula is C33H40N4O2. The third-order valence-electron chi connectivity index (χ3n) is 7.99. The summed E-state index contributed by atoms with van der Waals surface area (Å²) in [5.41, 5.74) is 7.42. The molecule has 3 aromatic rings. The van der Waals surface area contributed by atoms with Crippen LogP contribution >= 0.6 is 0 Å². The van der Waals surface area contributed by atoms with E-state index < -0.39 is 0 Å². The summed E-state index contributed by atoms with van der Waals surface area (Å²) in [7, 11) is 0. The van der Waals surface area contributed by atoms with E-state index in [0.717, 1.165) is 54.1 Å². The molecule has 2 N–H and O–H groups in total. The number of anilines is 3. The van der Waals surface area contributed by atoms with Crippen molar-refractivity contribution in [2.75, 3.05) is 54.4 Å². The van der Waals surface area contributed by atoms with E-state index in [2.05, 4.69) is 82.7 Å². The summed E-state index contributed by atoms with van der Waals surface area (Å²) < 4.78 is 0. The van der Waals surface area contributed by atoms with Crippen LogP contribution in [0.4, 0.5) is 17.1 Å². The summed E-state index contributed by atoms with van der Waals surface area (Å²) in [6.45, 7) is 8.12. The van der Waals surface area contributed by atoms with Gasteiger partial charge < -0.3 is 25.1 Å². The Morgan fingerprint density at radius 2 is 1.54 bits per heavy atom. The first kappa shape index (κ1) is 26.8. The van der Waals surface area contributed by atoms with Gasteiger partial charge in [-0.15, -0.1) is 0 Å². The van der Waals surface area contributed by atoms with Gasteiger partial charge >= 0.3 is 0 Å². The highest BCUT2D eigenvalue weighted by molar-refractivity contribution is 5.97. The van der Waals surface area contributed by atoms with Crippen LogP contribution in [0, 0.1) is 13.8 Å². The van der Waals surface area contributed by atoms with Crippen molar-refractivity contribution in [3.63, 3.8) is 0 Å². The van der Waals surface area contributed by atoms with Crippen molar-refractivity contribution in [1.29, 1.82) is 0 Å². The molecule has 1 saturated heterocycles. The number of amides is 1. The van der Waals surface area contributed by atoms with Crippen molar-refractivity contribution >= 4 is 23.0 Å². The second kappa shape index (κ2) is 12.4. The molecule has 5 rings (SSSR count). The standard InChI is InChI=1S/C33H40N4O2/c1-25-23-26(2)32(34-27-13-17-35(18-14-27)28-9-5-3-6-10-28)24-31(25)33(39)36-19-15-30(16-22-38)37(21-20-36)29-11-7-4-8-12-29/h3-12,15,23-24,27,34,38H,13-14,16-22H2,1-2H3. The van der Waals surface area contributed by atoms with Gasteiger partial charge in [0.25, 0.3) is 5.91 Å². The number of aliphatic hydroxyl groups is 1. The molecule has 0 bridgehead atoms. The van der Waals surface area contributed by atoms with E-state index in [-0.39, 0.29) is 12.5 Å². The SMILES string of the molecule is Cc1cc(C)c(C(=O)N2CC=C(CCO)N(c3ccccc3)CC2)cc1NC1CCN(c2ccccc2)CC1. The fourth-order valence-corrected chi connectivity index (χ4v) is 5.77. The number of piperidine rings is 1. The van der Waals surface area contributed by atoms with Crippen molar-refractivity contribution in [3.8, 4) is 0 Å². The van der Waals surface area contributed by atoms with Gasteiger partial charge in [-0.1, -0.05) is 42.5 Å². The van der Waals surface area contributed by atoms with Crippen molar-refractivity contribution in [1.82, 2.24) is 4.90 Å². The lowest BCUT2D eigenvalue weighted by Crippen LogP contribution is -2.39. The number of hydrogen-bond acceptors (Lipinski definition) is 5. The van der Waals surface area contributed by atoms with Crippen LogP contribution < -0.4 is 15.1 Å². The summed E-state index contributed by atoms with van der Waals surface area (Å²) in [6, 6.07) is 25.4. The van der Waals surface area contributed by atoms with Crippen molar-refractivity contribution < 1.29 is 9.90 Å². The van der Waals surface area contributed by atoms with Crippen LogP contribution in [0.1, 0.15) is 40.7 Å². The molecule has 1 fully saturated rings. The second-order valence-corrected chi connectivity index (χ2v) is 10.6. The normalized spacial score (nSPS) is 16.6. The number of aliphatic hydroxyl groups excluding tert-OH is 1. The first-order chi connectivity index (χ1) is 19.0. The Balaban J connectivity index is 1.28. The summed E-state index contributed by atoms with van der Waals surface area (Å²) >= 11 is 0. The Labute approximate surface area is 232 Å². The molecule has 204 valence electrons. The maximum absolute atomic E-state index is 13.8. The number of rotatable bonds is 7. The number of nitrogens with one attached hydrogen (secondary N) is 1. The zero-order chi connectivity index (χ0) is 27.2. The molecule has 2 heterocycles. The predicted octanol–water partition coefficient (Wildman–Crippen LogP) is 5.61. The van der Waals surface area contributed by atoms with Crippen LogP contribution in [-0.4, -0.2) is 61.3 Å². The Bertz CT molecular complexity index is 1280. The molecule has 0 saturated carbocycles. The van der Waals surface area contributed by atoms with Gasteiger partial charge in [-0.3, -0.25) is 4.79 Å². The molecule has 0 atom stereocenters. The van der Waals surface area contributed by atoms with Crippen LogP contribution in [-0.2, 0) is 0 Å². The number of nitrogens with zero attached hydrogens (tertiary/aromatic N) is 3. The largest absolute Gasteiger partial charge is 0.396 e. The van der Waals surface area contributed by atoms with Crippen LogP contribution in [0.2, 0.25) is 0 Å². The predicted molar refractivity (Wildman–Crippen MR) is 161 cm³/mol. The number of hydrogen-bond donors (Lipinski definition) is 2. The Morgan fingerprint density at radius 1 is 0.872 bits per heavy atom. The number of aryl methyl sites for hydroxylation is 2. The Kier molecular flexibility index (Phi) is 8.52. The van der Waals surface area contributed by atoms with Crippen LogP contribution in [0.25, 0.3) is 0 Å². The molecule has 2 aliphatic heterocycles. The highest BCUT2D eigenvalue weighted by Crippen LogP contribution is 2.28. The minimum absolute atomic E-state index is 0.0592. The first-order valence-corrected chi connectivity index (χ1v) is 14.1.